The number of rotatable bonds is 4. The minimum Gasteiger partial charge on any atom is -0.469 e. The molecule has 1 aliphatic carbocycles. The van der Waals surface area contributed by atoms with Crippen LogP contribution in [0.2, 0.25) is 0 Å². The first-order valence-electron chi connectivity index (χ1n) is 9.75. The number of fused-ring (bicyclic) bond motifs is 1. The Labute approximate surface area is 163 Å². The van der Waals surface area contributed by atoms with E-state index in [0.29, 0.717) is 12.4 Å². The lowest BCUT2D eigenvalue weighted by molar-refractivity contribution is -0.134. The second-order valence-electron chi connectivity index (χ2n) is 7.61. The van der Waals surface area contributed by atoms with Gasteiger partial charge in [-0.3, -0.25) is 9.69 Å². The molecule has 2 aliphatic rings. The number of benzene rings is 1. The molecule has 144 valence electrons. The van der Waals surface area contributed by atoms with E-state index < -0.39 is 0 Å². The van der Waals surface area contributed by atoms with Crippen LogP contribution in [0.15, 0.2) is 47.1 Å². The first-order chi connectivity index (χ1) is 13.7. The van der Waals surface area contributed by atoms with Gasteiger partial charge >= 0.3 is 0 Å². The van der Waals surface area contributed by atoms with Crippen molar-refractivity contribution >= 4 is 22.6 Å². The molecule has 2 unspecified atom stereocenters. The summed E-state index contributed by atoms with van der Waals surface area (Å²) in [4.78, 5) is 26.1. The Morgan fingerprint density at radius 2 is 1.93 bits per heavy atom. The van der Waals surface area contributed by atoms with Gasteiger partial charge in [-0.15, -0.1) is 0 Å². The highest BCUT2D eigenvalue weighted by Crippen LogP contribution is 2.48. The Bertz CT molecular complexity index is 995. The van der Waals surface area contributed by atoms with Gasteiger partial charge < -0.3 is 15.1 Å². The zero-order valence-electron chi connectivity index (χ0n) is 15.6. The highest BCUT2D eigenvalue weighted by atomic mass is 16.3. The average Bonchev–Trinajstić information content (AvgIpc) is 3.32. The molecule has 1 amide bonds. The number of nitrogens with zero attached hydrogens (tertiary/aromatic N) is 4. The number of anilines is 1. The topological polar surface area (TPSA) is 88.5 Å². The van der Waals surface area contributed by atoms with E-state index in [1.807, 2.05) is 41.3 Å². The summed E-state index contributed by atoms with van der Waals surface area (Å²) in [6.07, 6.45) is 2.58. The first-order valence-corrected chi connectivity index (χ1v) is 9.75. The number of carbonyl (C=O) groups is 1. The van der Waals surface area contributed by atoms with Gasteiger partial charge in [-0.25, -0.2) is 9.97 Å². The summed E-state index contributed by atoms with van der Waals surface area (Å²) >= 11 is 0. The number of hydrogen-bond acceptors (Lipinski definition) is 6. The molecule has 7 nitrogen and oxygen atoms in total. The van der Waals surface area contributed by atoms with Crippen molar-refractivity contribution in [2.75, 3.05) is 31.9 Å². The molecular formula is C21H23N5O2. The minimum atomic E-state index is 0.0846. The van der Waals surface area contributed by atoms with Crippen LogP contribution in [0.3, 0.4) is 0 Å². The highest BCUT2D eigenvalue weighted by Gasteiger charge is 2.47. The SMILES string of the molecule is Nc1nc(CN2CCN(C(=O)C3CC3c3ccco3)CC2)nc2ccccc12. The number of carbonyl (C=O) groups excluding carboxylic acids is 1. The predicted octanol–water partition coefficient (Wildman–Crippen LogP) is 2.25. The zero-order chi connectivity index (χ0) is 19.1. The fourth-order valence-corrected chi connectivity index (χ4v) is 4.07. The summed E-state index contributed by atoms with van der Waals surface area (Å²) in [5, 5.41) is 0.886. The van der Waals surface area contributed by atoms with E-state index in [0.717, 1.165) is 55.1 Å². The summed E-state index contributed by atoms with van der Waals surface area (Å²) < 4.78 is 5.45. The third-order valence-corrected chi connectivity index (χ3v) is 5.74. The summed E-state index contributed by atoms with van der Waals surface area (Å²) in [6.45, 7) is 3.77. The van der Waals surface area contributed by atoms with Crippen LogP contribution >= 0.6 is 0 Å². The van der Waals surface area contributed by atoms with Gasteiger partial charge in [-0.1, -0.05) is 12.1 Å². The Morgan fingerprint density at radius 3 is 2.71 bits per heavy atom. The standard InChI is InChI=1S/C21H23N5O2/c22-20-14-4-1-2-5-17(14)23-19(24-20)13-25-7-9-26(10-8-25)21(27)16-12-15(16)18-6-3-11-28-18/h1-6,11,15-16H,7-10,12-13H2,(H2,22,23,24). The van der Waals surface area contributed by atoms with Crippen LogP contribution in [0.5, 0.6) is 0 Å². The molecule has 2 fully saturated rings. The molecule has 0 radical (unpaired) electrons. The van der Waals surface area contributed by atoms with Crippen molar-refractivity contribution in [3.63, 3.8) is 0 Å². The molecule has 3 heterocycles. The highest BCUT2D eigenvalue weighted by molar-refractivity contribution is 5.87. The largest absolute Gasteiger partial charge is 0.469 e. The quantitative estimate of drug-likeness (QED) is 0.750. The molecule has 1 aliphatic heterocycles. The Kier molecular flexibility index (Phi) is 4.24. The number of amides is 1. The summed E-state index contributed by atoms with van der Waals surface area (Å²) in [5.41, 5.74) is 6.96. The molecule has 1 saturated carbocycles. The van der Waals surface area contributed by atoms with E-state index in [1.54, 1.807) is 6.26 Å². The van der Waals surface area contributed by atoms with E-state index in [4.69, 9.17) is 10.2 Å². The molecule has 3 aromatic rings. The normalized spacial score (nSPS) is 22.5. The molecule has 2 N–H and O–H groups in total. The number of piperazine rings is 1. The molecule has 2 aromatic heterocycles. The average molecular weight is 377 g/mol. The summed E-state index contributed by atoms with van der Waals surface area (Å²) in [7, 11) is 0. The van der Waals surface area contributed by atoms with E-state index in [9.17, 15) is 4.79 Å². The summed E-state index contributed by atoms with van der Waals surface area (Å²) in [6, 6.07) is 11.6. The Balaban J connectivity index is 1.18. The van der Waals surface area contributed by atoms with Gasteiger partial charge in [0.15, 0.2) is 0 Å². The monoisotopic (exact) mass is 377 g/mol. The van der Waals surface area contributed by atoms with E-state index in [1.165, 1.54) is 0 Å². The van der Waals surface area contributed by atoms with Gasteiger partial charge in [0, 0.05) is 43.4 Å². The van der Waals surface area contributed by atoms with Crippen molar-refractivity contribution in [2.24, 2.45) is 5.92 Å². The Morgan fingerprint density at radius 1 is 1.11 bits per heavy atom. The van der Waals surface area contributed by atoms with Crippen LogP contribution in [-0.2, 0) is 11.3 Å². The van der Waals surface area contributed by atoms with Gasteiger partial charge in [0.25, 0.3) is 0 Å². The fourth-order valence-electron chi connectivity index (χ4n) is 4.07. The number of nitrogen functional groups attached to an aromatic ring is 1. The molecule has 7 heteroatoms. The molecule has 2 atom stereocenters. The van der Waals surface area contributed by atoms with Crippen molar-refractivity contribution in [3.8, 4) is 0 Å². The first kappa shape index (κ1) is 17.2. The van der Waals surface area contributed by atoms with Crippen LogP contribution in [0.4, 0.5) is 5.82 Å². The van der Waals surface area contributed by atoms with Gasteiger partial charge in [-0.2, -0.15) is 0 Å². The lowest BCUT2D eigenvalue weighted by Gasteiger charge is -2.34. The van der Waals surface area contributed by atoms with Crippen LogP contribution in [0, 0.1) is 5.92 Å². The lowest BCUT2D eigenvalue weighted by atomic mass is 10.2. The number of nitrogens with two attached hydrogens (primary N) is 1. The van der Waals surface area contributed by atoms with Crippen molar-refractivity contribution in [1.82, 2.24) is 19.8 Å². The van der Waals surface area contributed by atoms with Crippen molar-refractivity contribution < 1.29 is 9.21 Å². The van der Waals surface area contributed by atoms with E-state index in [-0.39, 0.29) is 17.7 Å². The second kappa shape index (κ2) is 6.91. The van der Waals surface area contributed by atoms with Crippen LogP contribution in [-0.4, -0.2) is 51.9 Å². The number of furan rings is 1. The van der Waals surface area contributed by atoms with Crippen LogP contribution in [0.1, 0.15) is 23.9 Å². The maximum absolute atomic E-state index is 12.7. The third-order valence-electron chi connectivity index (χ3n) is 5.74. The van der Waals surface area contributed by atoms with Gasteiger partial charge in [0.2, 0.25) is 5.91 Å². The molecule has 5 rings (SSSR count). The molecule has 0 bridgehead atoms. The van der Waals surface area contributed by atoms with E-state index >= 15 is 0 Å². The van der Waals surface area contributed by atoms with Crippen LogP contribution < -0.4 is 5.73 Å². The minimum absolute atomic E-state index is 0.0846. The molecular weight excluding hydrogens is 354 g/mol. The maximum Gasteiger partial charge on any atom is 0.226 e. The molecule has 1 aromatic carbocycles. The fraction of sp³-hybridized carbons (Fsp3) is 0.381. The van der Waals surface area contributed by atoms with Gasteiger partial charge in [-0.05, 0) is 30.7 Å². The smallest absolute Gasteiger partial charge is 0.226 e. The lowest BCUT2D eigenvalue weighted by Crippen LogP contribution is -2.49. The third kappa shape index (κ3) is 3.22. The number of para-hydroxylation sites is 1. The number of aromatic nitrogens is 2. The Hall–Kier alpha value is -2.93. The predicted molar refractivity (Wildman–Crippen MR) is 105 cm³/mol. The molecule has 0 spiro atoms. The zero-order valence-corrected chi connectivity index (χ0v) is 15.6. The molecule has 1 saturated heterocycles. The maximum atomic E-state index is 12.7. The van der Waals surface area contributed by atoms with Crippen molar-refractivity contribution in [1.29, 1.82) is 0 Å². The van der Waals surface area contributed by atoms with Crippen LogP contribution in [0.25, 0.3) is 10.9 Å². The van der Waals surface area contributed by atoms with Gasteiger partial charge in [0.05, 0.1) is 18.3 Å². The summed E-state index contributed by atoms with van der Waals surface area (Å²) in [5.74, 6) is 2.79. The van der Waals surface area contributed by atoms with Crippen molar-refractivity contribution in [3.05, 3.63) is 54.2 Å². The van der Waals surface area contributed by atoms with E-state index in [2.05, 4.69) is 14.9 Å². The number of hydrogen-bond donors (Lipinski definition) is 1. The second-order valence-corrected chi connectivity index (χ2v) is 7.61. The van der Waals surface area contributed by atoms with Crippen molar-refractivity contribution in [2.45, 2.75) is 18.9 Å². The van der Waals surface area contributed by atoms with Gasteiger partial charge in [0.1, 0.15) is 17.4 Å². The molecule has 28 heavy (non-hydrogen) atoms.